The smallest absolute Gasteiger partial charge is 0.130 e. The summed E-state index contributed by atoms with van der Waals surface area (Å²) in [5.41, 5.74) is 8.81. The van der Waals surface area contributed by atoms with Gasteiger partial charge in [0.1, 0.15) is 11.9 Å². The molecule has 3 rings (SSSR count). The van der Waals surface area contributed by atoms with Gasteiger partial charge in [0, 0.05) is 27.7 Å². The van der Waals surface area contributed by atoms with Crippen molar-refractivity contribution in [3.8, 4) is 16.9 Å². The van der Waals surface area contributed by atoms with Crippen LogP contribution in [0.5, 0.6) is 5.75 Å². The van der Waals surface area contributed by atoms with E-state index in [9.17, 15) is 0 Å². The highest BCUT2D eigenvalue weighted by Gasteiger charge is 2.22. The first-order valence-electron chi connectivity index (χ1n) is 6.63. The lowest BCUT2D eigenvalue weighted by molar-refractivity contribution is 0.182. The van der Waals surface area contributed by atoms with Crippen molar-refractivity contribution in [1.82, 2.24) is 0 Å². The van der Waals surface area contributed by atoms with Crippen molar-refractivity contribution in [1.29, 1.82) is 0 Å². The highest BCUT2D eigenvalue weighted by molar-refractivity contribution is 6.35. The largest absolute Gasteiger partial charge is 0.488 e. The molecule has 0 saturated heterocycles. The van der Waals surface area contributed by atoms with Gasteiger partial charge in [-0.2, -0.15) is 0 Å². The zero-order valence-electron chi connectivity index (χ0n) is 11.3. The van der Waals surface area contributed by atoms with Crippen molar-refractivity contribution >= 4 is 35.6 Å². The Balaban J connectivity index is 0.00000161. The van der Waals surface area contributed by atoms with Crippen LogP contribution < -0.4 is 10.5 Å². The van der Waals surface area contributed by atoms with Gasteiger partial charge in [-0.05, 0) is 36.6 Å². The molecule has 2 aromatic rings. The Morgan fingerprint density at radius 1 is 1.14 bits per heavy atom. The molecule has 1 aliphatic rings. The quantitative estimate of drug-likeness (QED) is 0.854. The molecule has 21 heavy (non-hydrogen) atoms. The van der Waals surface area contributed by atoms with Crippen molar-refractivity contribution in [2.75, 3.05) is 6.54 Å². The van der Waals surface area contributed by atoms with E-state index in [-0.39, 0.29) is 18.5 Å². The van der Waals surface area contributed by atoms with Crippen molar-refractivity contribution in [3.63, 3.8) is 0 Å². The van der Waals surface area contributed by atoms with Gasteiger partial charge in [0.25, 0.3) is 0 Å². The van der Waals surface area contributed by atoms with E-state index in [1.807, 2.05) is 24.3 Å². The number of benzene rings is 2. The molecule has 0 spiro atoms. The molecule has 1 atom stereocenters. The number of rotatable bonds is 2. The lowest BCUT2D eigenvalue weighted by Crippen LogP contribution is -2.30. The van der Waals surface area contributed by atoms with Gasteiger partial charge in [-0.25, -0.2) is 0 Å². The lowest BCUT2D eigenvalue weighted by atomic mass is 9.95. The molecule has 2 N–H and O–H groups in total. The molecule has 0 saturated carbocycles. The van der Waals surface area contributed by atoms with E-state index in [0.717, 1.165) is 29.7 Å². The molecule has 0 radical (unpaired) electrons. The Kier molecular flexibility index (Phi) is 5.39. The van der Waals surface area contributed by atoms with Crippen LogP contribution in [0.3, 0.4) is 0 Å². The topological polar surface area (TPSA) is 35.2 Å². The maximum absolute atomic E-state index is 6.30. The summed E-state index contributed by atoms with van der Waals surface area (Å²) in [5.74, 6) is 0.887. The fourth-order valence-corrected chi connectivity index (χ4v) is 2.94. The fraction of sp³-hybridized carbons (Fsp3) is 0.250. The molecule has 112 valence electrons. The van der Waals surface area contributed by atoms with Gasteiger partial charge in [0.2, 0.25) is 0 Å². The van der Waals surface area contributed by atoms with Crippen LogP contribution in [-0.4, -0.2) is 12.6 Å². The molecule has 1 aliphatic heterocycles. The molecule has 5 heteroatoms. The second-order valence-electron chi connectivity index (χ2n) is 4.93. The monoisotopic (exact) mass is 343 g/mol. The van der Waals surface area contributed by atoms with Crippen LogP contribution in [0.25, 0.3) is 11.1 Å². The van der Waals surface area contributed by atoms with E-state index in [1.165, 1.54) is 5.56 Å². The minimum Gasteiger partial charge on any atom is -0.488 e. The van der Waals surface area contributed by atoms with Gasteiger partial charge >= 0.3 is 0 Å². The number of hydrogen-bond donors (Lipinski definition) is 1. The Bertz CT molecular complexity index is 645. The average Bonchev–Trinajstić information content (AvgIpc) is 2.48. The maximum atomic E-state index is 6.30. The van der Waals surface area contributed by atoms with E-state index < -0.39 is 0 Å². The molecule has 0 amide bonds. The van der Waals surface area contributed by atoms with Gasteiger partial charge in [-0.1, -0.05) is 41.4 Å². The zero-order valence-corrected chi connectivity index (χ0v) is 13.6. The van der Waals surface area contributed by atoms with E-state index in [4.69, 9.17) is 33.7 Å². The third-order valence-electron chi connectivity index (χ3n) is 3.60. The summed E-state index contributed by atoms with van der Waals surface area (Å²) in [5, 5.41) is 1.33. The number of para-hydroxylation sites is 1. The molecular formula is C16H16Cl3NO. The van der Waals surface area contributed by atoms with Crippen LogP contribution in [0.2, 0.25) is 10.0 Å². The normalized spacial score (nSPS) is 16.6. The van der Waals surface area contributed by atoms with Gasteiger partial charge in [0.05, 0.1) is 0 Å². The maximum Gasteiger partial charge on any atom is 0.130 e. The van der Waals surface area contributed by atoms with Crippen LogP contribution in [-0.2, 0) is 6.42 Å². The third-order valence-corrected chi connectivity index (χ3v) is 4.16. The van der Waals surface area contributed by atoms with Gasteiger partial charge in [0.15, 0.2) is 0 Å². The summed E-state index contributed by atoms with van der Waals surface area (Å²) in [6.07, 6.45) is 2.00. The molecule has 0 bridgehead atoms. The van der Waals surface area contributed by atoms with E-state index in [0.29, 0.717) is 16.6 Å². The van der Waals surface area contributed by atoms with Gasteiger partial charge in [-0.15, -0.1) is 12.4 Å². The summed E-state index contributed by atoms with van der Waals surface area (Å²) < 4.78 is 6.03. The SMILES string of the molecule is Cl.NC[C@H]1CCc2cccc(-c3cc(Cl)ccc3Cl)c2O1. The standard InChI is InChI=1S/C16H15Cl2NO.ClH/c17-11-5-7-15(18)14(8-11)13-3-1-2-10-4-6-12(9-19)20-16(10)13;/h1-3,5,7-8,12H,4,6,9,19H2;1H/t12-;/m1./s1. The predicted octanol–water partition coefficient (Wildman–Crippen LogP) is 4.73. The first-order chi connectivity index (χ1) is 9.69. The summed E-state index contributed by atoms with van der Waals surface area (Å²) in [4.78, 5) is 0. The number of fused-ring (bicyclic) bond motifs is 1. The Morgan fingerprint density at radius 2 is 1.95 bits per heavy atom. The second-order valence-corrected chi connectivity index (χ2v) is 5.78. The average molecular weight is 345 g/mol. The minimum atomic E-state index is 0. The zero-order chi connectivity index (χ0) is 14.1. The van der Waals surface area contributed by atoms with Gasteiger partial charge < -0.3 is 10.5 Å². The van der Waals surface area contributed by atoms with Crippen LogP contribution >= 0.6 is 35.6 Å². The van der Waals surface area contributed by atoms with Crippen molar-refractivity contribution in [2.24, 2.45) is 5.73 Å². The van der Waals surface area contributed by atoms with Crippen LogP contribution in [0.4, 0.5) is 0 Å². The Labute approximate surface area is 140 Å². The summed E-state index contributed by atoms with van der Waals surface area (Å²) >= 11 is 12.4. The molecule has 2 nitrogen and oxygen atoms in total. The lowest BCUT2D eigenvalue weighted by Gasteiger charge is -2.27. The van der Waals surface area contributed by atoms with Crippen molar-refractivity contribution in [3.05, 3.63) is 52.0 Å². The Hall–Kier alpha value is -0.930. The predicted molar refractivity (Wildman–Crippen MR) is 90.9 cm³/mol. The molecule has 1 heterocycles. The van der Waals surface area contributed by atoms with E-state index in [2.05, 4.69) is 6.07 Å². The van der Waals surface area contributed by atoms with Crippen LogP contribution in [0.1, 0.15) is 12.0 Å². The summed E-state index contributed by atoms with van der Waals surface area (Å²) in [6, 6.07) is 11.6. The van der Waals surface area contributed by atoms with Crippen molar-refractivity contribution < 1.29 is 4.74 Å². The summed E-state index contributed by atoms with van der Waals surface area (Å²) in [7, 11) is 0. The number of hydrogen-bond acceptors (Lipinski definition) is 2. The summed E-state index contributed by atoms with van der Waals surface area (Å²) in [6.45, 7) is 0.525. The van der Waals surface area contributed by atoms with Crippen LogP contribution in [0.15, 0.2) is 36.4 Å². The Morgan fingerprint density at radius 3 is 2.71 bits per heavy atom. The van der Waals surface area contributed by atoms with E-state index >= 15 is 0 Å². The van der Waals surface area contributed by atoms with Crippen molar-refractivity contribution in [2.45, 2.75) is 18.9 Å². The number of aryl methyl sites for hydroxylation is 1. The first-order valence-corrected chi connectivity index (χ1v) is 7.38. The molecule has 0 unspecified atom stereocenters. The van der Waals surface area contributed by atoms with E-state index in [1.54, 1.807) is 6.07 Å². The fourth-order valence-electron chi connectivity index (χ4n) is 2.54. The second kappa shape index (κ2) is 6.89. The van der Waals surface area contributed by atoms with Crippen LogP contribution in [0, 0.1) is 0 Å². The first kappa shape index (κ1) is 16.4. The third kappa shape index (κ3) is 3.29. The number of halogens is 3. The molecule has 0 aromatic heterocycles. The highest BCUT2D eigenvalue weighted by Crippen LogP contribution is 2.41. The van der Waals surface area contributed by atoms with Gasteiger partial charge in [-0.3, -0.25) is 0 Å². The molecule has 2 aromatic carbocycles. The number of nitrogens with two attached hydrogens (primary N) is 1. The molecule has 0 aliphatic carbocycles. The molecule has 0 fully saturated rings. The molecular weight excluding hydrogens is 329 g/mol. The number of ether oxygens (including phenoxy) is 1. The highest BCUT2D eigenvalue weighted by atomic mass is 35.5. The minimum absolute atomic E-state index is 0.